The van der Waals surface area contributed by atoms with E-state index in [0.717, 1.165) is 60.2 Å². The number of rotatable bonds is 10. The summed E-state index contributed by atoms with van der Waals surface area (Å²) in [6.45, 7) is 8.30. The fourth-order valence-electron chi connectivity index (χ4n) is 5.00. The molecule has 0 unspecified atom stereocenters. The predicted molar refractivity (Wildman–Crippen MR) is 187 cm³/mol. The van der Waals surface area contributed by atoms with E-state index < -0.39 is 0 Å². The summed E-state index contributed by atoms with van der Waals surface area (Å²) in [5, 5.41) is 3.37. The zero-order chi connectivity index (χ0) is 33.4. The molecule has 47 heavy (non-hydrogen) atoms. The Kier molecular flexibility index (Phi) is 14.0. The van der Waals surface area contributed by atoms with Crippen LogP contribution in [0, 0.1) is 0 Å². The van der Waals surface area contributed by atoms with E-state index in [0.29, 0.717) is 43.7 Å². The molecule has 0 aromatic heterocycles. The molecule has 10 nitrogen and oxygen atoms in total. The third kappa shape index (κ3) is 11.1. The number of nitrogens with zero attached hydrogens (tertiary/aromatic N) is 2. The third-order valence-corrected chi connectivity index (χ3v) is 7.56. The van der Waals surface area contributed by atoms with Crippen LogP contribution >= 0.6 is 11.6 Å². The number of carbonyl (C=O) groups excluding carboxylic acids is 2. The first-order chi connectivity index (χ1) is 22.9. The molecule has 1 N–H and O–H groups in total. The van der Waals surface area contributed by atoms with E-state index in [1.807, 2.05) is 36.4 Å². The maximum absolute atomic E-state index is 12.1. The summed E-state index contributed by atoms with van der Waals surface area (Å²) in [5.41, 5.74) is 4.55. The number of morpholine rings is 2. The van der Waals surface area contributed by atoms with Crippen molar-refractivity contribution in [3.05, 3.63) is 89.0 Å². The Labute approximate surface area is 281 Å². The summed E-state index contributed by atoms with van der Waals surface area (Å²) < 4.78 is 26.6. The Hall–Kier alpha value is -4.51. The molecule has 2 aliphatic heterocycles. The van der Waals surface area contributed by atoms with Gasteiger partial charge in [0.05, 0.1) is 58.6 Å². The fourth-order valence-corrected chi connectivity index (χ4v) is 5.19. The molecule has 3 aromatic carbocycles. The van der Waals surface area contributed by atoms with Crippen molar-refractivity contribution in [1.82, 2.24) is 0 Å². The van der Waals surface area contributed by atoms with Gasteiger partial charge in [0.15, 0.2) is 0 Å². The van der Waals surface area contributed by atoms with Crippen LogP contribution in [0.4, 0.5) is 17.1 Å². The summed E-state index contributed by atoms with van der Waals surface area (Å²) in [4.78, 5) is 27.9. The minimum atomic E-state index is -0.332. The highest BCUT2D eigenvalue weighted by atomic mass is 35.5. The maximum atomic E-state index is 12.1. The van der Waals surface area contributed by atoms with Crippen LogP contribution in [0.3, 0.4) is 0 Å². The van der Waals surface area contributed by atoms with Gasteiger partial charge in [-0.2, -0.15) is 0 Å². The number of methoxy groups -OCH3 is 2. The van der Waals surface area contributed by atoms with Gasteiger partial charge in [-0.3, -0.25) is 4.79 Å². The van der Waals surface area contributed by atoms with Gasteiger partial charge < -0.3 is 38.8 Å². The molecule has 1 amide bonds. The number of halogens is 1. The van der Waals surface area contributed by atoms with Crippen LogP contribution in [-0.4, -0.2) is 85.3 Å². The second-order valence-corrected chi connectivity index (χ2v) is 10.9. The van der Waals surface area contributed by atoms with Crippen LogP contribution in [0.1, 0.15) is 18.1 Å². The van der Waals surface area contributed by atoms with E-state index in [4.69, 9.17) is 35.3 Å². The summed E-state index contributed by atoms with van der Waals surface area (Å²) in [6.07, 6.45) is 6.48. The van der Waals surface area contributed by atoms with Crippen molar-refractivity contribution >= 4 is 52.7 Å². The second-order valence-electron chi connectivity index (χ2n) is 10.5. The molecule has 0 spiro atoms. The zero-order valence-corrected chi connectivity index (χ0v) is 27.8. The summed E-state index contributed by atoms with van der Waals surface area (Å²) in [7, 11) is 3.32. The number of ether oxygens (including phenoxy) is 5. The van der Waals surface area contributed by atoms with Crippen molar-refractivity contribution < 1.29 is 33.3 Å². The second kappa shape index (κ2) is 18.6. The lowest BCUT2D eigenvalue weighted by molar-refractivity contribution is -0.137. The first kappa shape index (κ1) is 35.3. The van der Waals surface area contributed by atoms with Crippen molar-refractivity contribution in [3.63, 3.8) is 0 Å². The number of amides is 1. The lowest BCUT2D eigenvalue weighted by atomic mass is 10.1. The highest BCUT2D eigenvalue weighted by Gasteiger charge is 2.17. The van der Waals surface area contributed by atoms with E-state index in [2.05, 4.69) is 15.1 Å². The van der Waals surface area contributed by atoms with E-state index >= 15 is 0 Å². The van der Waals surface area contributed by atoms with E-state index in [9.17, 15) is 9.59 Å². The van der Waals surface area contributed by atoms with Crippen molar-refractivity contribution in [2.45, 2.75) is 6.92 Å². The van der Waals surface area contributed by atoms with Crippen LogP contribution in [-0.2, 0) is 23.8 Å². The molecule has 2 aliphatic rings. The SMILES string of the molecule is CCOC(=O)/C=C/c1ccc(OC)c(N2CCOCC2)c1.COc1ccc(/C=C/C(=O)Nc2cccc(Cl)c2)cc1N1CCOCC1. The molecule has 2 saturated heterocycles. The van der Waals surface area contributed by atoms with Gasteiger partial charge in [-0.05, 0) is 72.7 Å². The molecular weight excluding hydrogens is 622 g/mol. The van der Waals surface area contributed by atoms with Crippen LogP contribution < -0.4 is 24.6 Å². The van der Waals surface area contributed by atoms with Gasteiger partial charge in [0.2, 0.25) is 5.91 Å². The summed E-state index contributed by atoms with van der Waals surface area (Å²) >= 11 is 5.93. The maximum Gasteiger partial charge on any atom is 0.330 e. The molecule has 0 bridgehead atoms. The fraction of sp³-hybridized carbons (Fsp3) is 0.333. The Morgan fingerprint density at radius 1 is 0.787 bits per heavy atom. The largest absolute Gasteiger partial charge is 0.495 e. The minimum Gasteiger partial charge on any atom is -0.495 e. The third-order valence-electron chi connectivity index (χ3n) is 7.33. The number of hydrogen-bond donors (Lipinski definition) is 1. The van der Waals surface area contributed by atoms with Gasteiger partial charge in [-0.15, -0.1) is 0 Å². The Balaban J connectivity index is 0.000000218. The van der Waals surface area contributed by atoms with Crippen LogP contribution in [0.25, 0.3) is 12.2 Å². The predicted octanol–water partition coefficient (Wildman–Crippen LogP) is 5.95. The number of nitrogens with one attached hydrogen (secondary N) is 1. The summed E-state index contributed by atoms with van der Waals surface area (Å²) in [6, 6.07) is 18.8. The number of benzene rings is 3. The molecule has 0 saturated carbocycles. The van der Waals surface area contributed by atoms with Gasteiger partial charge in [0.25, 0.3) is 0 Å². The van der Waals surface area contributed by atoms with Crippen molar-refractivity contribution in [2.75, 3.05) is 88.5 Å². The number of anilines is 3. The van der Waals surface area contributed by atoms with Crippen molar-refractivity contribution in [3.8, 4) is 11.5 Å². The van der Waals surface area contributed by atoms with Gasteiger partial charge in [0.1, 0.15) is 11.5 Å². The molecule has 0 radical (unpaired) electrons. The van der Waals surface area contributed by atoms with Gasteiger partial charge in [-0.1, -0.05) is 29.8 Å². The first-order valence-electron chi connectivity index (χ1n) is 15.5. The molecule has 3 aromatic rings. The molecule has 5 rings (SSSR count). The normalized spacial score (nSPS) is 14.8. The van der Waals surface area contributed by atoms with Gasteiger partial charge in [0, 0.05) is 49.0 Å². The van der Waals surface area contributed by atoms with Crippen LogP contribution in [0.2, 0.25) is 5.02 Å². The average Bonchev–Trinajstić information content (AvgIpc) is 3.11. The summed E-state index contributed by atoms with van der Waals surface area (Å²) in [5.74, 6) is 1.09. The number of carbonyl (C=O) groups is 2. The molecule has 250 valence electrons. The van der Waals surface area contributed by atoms with Gasteiger partial charge in [-0.25, -0.2) is 4.79 Å². The molecule has 2 heterocycles. The average molecular weight is 664 g/mol. The number of hydrogen-bond acceptors (Lipinski definition) is 9. The Morgan fingerprint density at radius 2 is 1.32 bits per heavy atom. The van der Waals surface area contributed by atoms with E-state index in [1.165, 1.54) is 12.2 Å². The van der Waals surface area contributed by atoms with Gasteiger partial charge >= 0.3 is 5.97 Å². The van der Waals surface area contributed by atoms with Crippen LogP contribution in [0.15, 0.2) is 72.8 Å². The Morgan fingerprint density at radius 3 is 1.81 bits per heavy atom. The highest BCUT2D eigenvalue weighted by Crippen LogP contribution is 2.31. The standard InChI is InChI=1S/C20H21ClN2O3.C16H21NO4/c1-25-19-7-5-15(13-18(19)23-9-11-26-12-10-23)6-8-20(24)22-17-4-2-3-16(21)14-17;1-3-21-16(18)7-5-13-4-6-15(19-2)14(12-13)17-8-10-20-11-9-17/h2-8,13-14H,9-12H2,1H3,(H,22,24);4-7,12H,3,8-11H2,1-2H3/b8-6+;7-5+. The van der Waals surface area contributed by atoms with Crippen molar-refractivity contribution in [2.24, 2.45) is 0 Å². The van der Waals surface area contributed by atoms with E-state index in [-0.39, 0.29) is 11.9 Å². The van der Waals surface area contributed by atoms with Crippen molar-refractivity contribution in [1.29, 1.82) is 0 Å². The monoisotopic (exact) mass is 663 g/mol. The van der Waals surface area contributed by atoms with Crippen LogP contribution in [0.5, 0.6) is 11.5 Å². The minimum absolute atomic E-state index is 0.212. The van der Waals surface area contributed by atoms with E-state index in [1.54, 1.807) is 57.6 Å². The quantitative estimate of drug-likeness (QED) is 0.209. The zero-order valence-electron chi connectivity index (χ0n) is 27.1. The highest BCUT2D eigenvalue weighted by molar-refractivity contribution is 6.30. The lowest BCUT2D eigenvalue weighted by Crippen LogP contribution is -2.36. The molecule has 0 aliphatic carbocycles. The molecule has 11 heteroatoms. The number of esters is 1. The Bertz CT molecular complexity index is 1530. The topological polar surface area (TPSA) is 98.8 Å². The molecular formula is C36H42ClN3O7. The molecule has 0 atom stereocenters. The molecule has 2 fully saturated rings. The first-order valence-corrected chi connectivity index (χ1v) is 15.9. The lowest BCUT2D eigenvalue weighted by Gasteiger charge is -2.30. The smallest absolute Gasteiger partial charge is 0.330 e.